The number of rotatable bonds is 4. The molecule has 5 heteroatoms. The lowest BCUT2D eigenvalue weighted by Gasteiger charge is -2.15. The summed E-state index contributed by atoms with van der Waals surface area (Å²) in [5.41, 5.74) is 1.67. The van der Waals surface area contributed by atoms with E-state index in [1.807, 2.05) is 26.0 Å². The van der Waals surface area contributed by atoms with Crippen LogP contribution in [0.5, 0.6) is 0 Å². The predicted octanol–water partition coefficient (Wildman–Crippen LogP) is 3.25. The van der Waals surface area contributed by atoms with Gasteiger partial charge in [-0.3, -0.25) is 9.59 Å². The highest BCUT2D eigenvalue weighted by Crippen LogP contribution is 2.24. The molecule has 24 heavy (non-hydrogen) atoms. The molecule has 0 saturated carbocycles. The third kappa shape index (κ3) is 2.80. The zero-order valence-electron chi connectivity index (χ0n) is 13.5. The molecular formula is C19H17NO4. The van der Waals surface area contributed by atoms with Crippen molar-refractivity contribution in [2.75, 3.05) is 0 Å². The van der Waals surface area contributed by atoms with Crippen molar-refractivity contribution < 1.29 is 19.2 Å². The first-order valence-electron chi connectivity index (χ1n) is 7.77. The van der Waals surface area contributed by atoms with Crippen molar-refractivity contribution in [3.63, 3.8) is 0 Å². The second kappa shape index (κ2) is 6.28. The Morgan fingerprint density at radius 2 is 1.50 bits per heavy atom. The molecule has 5 nitrogen and oxygen atoms in total. The van der Waals surface area contributed by atoms with E-state index < -0.39 is 17.8 Å². The van der Waals surface area contributed by atoms with Crippen molar-refractivity contribution in [3.8, 4) is 0 Å². The Balaban J connectivity index is 1.84. The van der Waals surface area contributed by atoms with Crippen LogP contribution in [0.15, 0.2) is 48.5 Å². The average molecular weight is 323 g/mol. The fraction of sp³-hybridized carbons (Fsp3) is 0.211. The van der Waals surface area contributed by atoms with E-state index in [4.69, 9.17) is 4.84 Å². The Kier molecular flexibility index (Phi) is 4.16. The summed E-state index contributed by atoms with van der Waals surface area (Å²) >= 11 is 0. The minimum Gasteiger partial charge on any atom is -0.324 e. The Hall–Kier alpha value is -2.95. The smallest absolute Gasteiger partial charge is 0.324 e. The second-order valence-corrected chi connectivity index (χ2v) is 6.08. The van der Waals surface area contributed by atoms with E-state index in [0.29, 0.717) is 23.0 Å². The molecule has 2 aromatic carbocycles. The van der Waals surface area contributed by atoms with Crippen LogP contribution in [0, 0.1) is 5.92 Å². The molecule has 1 heterocycles. The molecule has 122 valence electrons. The van der Waals surface area contributed by atoms with Crippen LogP contribution in [0.25, 0.3) is 0 Å². The lowest BCUT2D eigenvalue weighted by molar-refractivity contribution is -0.0585. The van der Waals surface area contributed by atoms with Crippen molar-refractivity contribution in [1.82, 2.24) is 5.06 Å². The zero-order valence-corrected chi connectivity index (χ0v) is 13.5. The minimum absolute atomic E-state index is 0.241. The summed E-state index contributed by atoms with van der Waals surface area (Å²) in [6.45, 7) is 4.10. The van der Waals surface area contributed by atoms with E-state index in [-0.39, 0.29) is 11.1 Å². The van der Waals surface area contributed by atoms with Crippen molar-refractivity contribution in [1.29, 1.82) is 0 Å². The molecular weight excluding hydrogens is 306 g/mol. The maximum atomic E-state index is 12.5. The highest BCUT2D eigenvalue weighted by molar-refractivity contribution is 6.21. The number of carbonyl (C=O) groups is 3. The maximum absolute atomic E-state index is 12.5. The number of imide groups is 1. The van der Waals surface area contributed by atoms with Gasteiger partial charge in [-0.1, -0.05) is 49.2 Å². The number of fused-ring (bicyclic) bond motifs is 1. The van der Waals surface area contributed by atoms with Gasteiger partial charge in [0.25, 0.3) is 11.8 Å². The number of carbonyl (C=O) groups excluding carboxylic acids is 3. The summed E-state index contributed by atoms with van der Waals surface area (Å²) in [5.74, 6) is -1.59. The van der Waals surface area contributed by atoms with Crippen molar-refractivity contribution in [2.45, 2.75) is 20.3 Å². The fourth-order valence-electron chi connectivity index (χ4n) is 2.72. The number of benzene rings is 2. The van der Waals surface area contributed by atoms with E-state index in [0.717, 1.165) is 5.56 Å². The Bertz CT molecular complexity index is 791. The molecule has 0 N–H and O–H groups in total. The van der Waals surface area contributed by atoms with E-state index in [2.05, 4.69) is 0 Å². The zero-order chi connectivity index (χ0) is 17.3. The van der Waals surface area contributed by atoms with Crippen LogP contribution >= 0.6 is 0 Å². The lowest BCUT2D eigenvalue weighted by atomic mass is 9.98. The molecule has 0 atom stereocenters. The molecule has 2 aromatic rings. The molecule has 0 aromatic heterocycles. The van der Waals surface area contributed by atoms with Gasteiger partial charge < -0.3 is 4.84 Å². The number of hydrogen-bond donors (Lipinski definition) is 0. The van der Waals surface area contributed by atoms with Crippen LogP contribution in [-0.4, -0.2) is 22.8 Å². The molecule has 0 fully saturated rings. The third-order valence-corrected chi connectivity index (χ3v) is 3.80. The fourth-order valence-corrected chi connectivity index (χ4v) is 2.72. The van der Waals surface area contributed by atoms with Gasteiger partial charge in [0.05, 0.1) is 16.7 Å². The lowest BCUT2D eigenvalue weighted by Crippen LogP contribution is -2.33. The third-order valence-electron chi connectivity index (χ3n) is 3.80. The van der Waals surface area contributed by atoms with Gasteiger partial charge in [0.15, 0.2) is 0 Å². The first kappa shape index (κ1) is 15.9. The molecule has 3 rings (SSSR count). The van der Waals surface area contributed by atoms with Crippen LogP contribution in [0.3, 0.4) is 0 Å². The van der Waals surface area contributed by atoms with Crippen LogP contribution < -0.4 is 0 Å². The van der Waals surface area contributed by atoms with Gasteiger partial charge in [0.2, 0.25) is 0 Å². The largest absolute Gasteiger partial charge is 0.364 e. The summed E-state index contributed by atoms with van der Waals surface area (Å²) in [6.07, 6.45) is 0.702. The summed E-state index contributed by atoms with van der Waals surface area (Å²) in [4.78, 5) is 42.1. The van der Waals surface area contributed by atoms with Gasteiger partial charge in [-0.05, 0) is 36.1 Å². The predicted molar refractivity (Wildman–Crippen MR) is 87.3 cm³/mol. The minimum atomic E-state index is -0.708. The van der Waals surface area contributed by atoms with E-state index in [9.17, 15) is 14.4 Å². The summed E-state index contributed by atoms with van der Waals surface area (Å²) in [7, 11) is 0. The molecule has 0 unspecified atom stereocenters. The van der Waals surface area contributed by atoms with Crippen molar-refractivity contribution in [3.05, 3.63) is 70.8 Å². The molecule has 1 aliphatic heterocycles. The van der Waals surface area contributed by atoms with Crippen LogP contribution in [-0.2, 0) is 11.3 Å². The van der Waals surface area contributed by atoms with Crippen molar-refractivity contribution >= 4 is 17.8 Å². The Morgan fingerprint density at radius 1 is 0.958 bits per heavy atom. The number of nitrogens with zero attached hydrogens (tertiary/aromatic N) is 1. The highest BCUT2D eigenvalue weighted by atomic mass is 16.7. The highest BCUT2D eigenvalue weighted by Gasteiger charge is 2.38. The number of hydrogen-bond acceptors (Lipinski definition) is 4. The van der Waals surface area contributed by atoms with Gasteiger partial charge >= 0.3 is 5.97 Å². The summed E-state index contributed by atoms with van der Waals surface area (Å²) in [6, 6.07) is 13.4. The first-order chi connectivity index (χ1) is 11.5. The van der Waals surface area contributed by atoms with Crippen LogP contribution in [0.1, 0.15) is 50.5 Å². The summed E-state index contributed by atoms with van der Waals surface area (Å²) in [5, 5.41) is 0.541. The van der Waals surface area contributed by atoms with Gasteiger partial charge in [0, 0.05) is 0 Å². The van der Waals surface area contributed by atoms with Gasteiger partial charge in [-0.2, -0.15) is 0 Å². The average Bonchev–Trinajstić information content (AvgIpc) is 2.80. The molecule has 0 radical (unpaired) electrons. The SMILES string of the molecule is CC(C)Cc1ccccc1C(=O)ON1C(=O)c2ccccc2C1=O. The monoisotopic (exact) mass is 323 g/mol. The van der Waals surface area contributed by atoms with E-state index >= 15 is 0 Å². The maximum Gasteiger partial charge on any atom is 0.364 e. The molecule has 0 saturated heterocycles. The Labute approximate surface area is 139 Å². The topological polar surface area (TPSA) is 63.7 Å². The van der Waals surface area contributed by atoms with Crippen LogP contribution in [0.4, 0.5) is 0 Å². The van der Waals surface area contributed by atoms with Gasteiger partial charge in [-0.25, -0.2) is 4.79 Å². The van der Waals surface area contributed by atoms with Crippen LogP contribution in [0.2, 0.25) is 0 Å². The van der Waals surface area contributed by atoms with Gasteiger partial charge in [-0.15, -0.1) is 0 Å². The van der Waals surface area contributed by atoms with Crippen molar-refractivity contribution in [2.24, 2.45) is 5.92 Å². The number of amides is 2. The number of hydroxylamine groups is 2. The molecule has 0 aliphatic carbocycles. The standard InChI is InChI=1S/C19H17NO4/c1-12(2)11-13-7-3-4-8-14(13)19(23)24-20-17(21)15-9-5-6-10-16(15)18(20)22/h3-10,12H,11H2,1-2H3. The molecule has 0 spiro atoms. The molecule has 2 amide bonds. The quantitative estimate of drug-likeness (QED) is 0.810. The van der Waals surface area contributed by atoms with Gasteiger partial charge in [0.1, 0.15) is 0 Å². The van der Waals surface area contributed by atoms with E-state index in [1.54, 1.807) is 24.3 Å². The molecule has 0 bridgehead atoms. The first-order valence-corrected chi connectivity index (χ1v) is 7.77. The second-order valence-electron chi connectivity index (χ2n) is 6.08. The van der Waals surface area contributed by atoms with E-state index in [1.165, 1.54) is 12.1 Å². The summed E-state index contributed by atoms with van der Waals surface area (Å²) < 4.78 is 0. The molecule has 1 aliphatic rings. The Morgan fingerprint density at radius 3 is 2.08 bits per heavy atom. The normalized spacial score (nSPS) is 13.4.